The molecular weight excluding hydrogens is 428 g/mol. The number of hydrogen-bond donors (Lipinski definition) is 0. The van der Waals surface area contributed by atoms with Crippen LogP contribution in [0.4, 0.5) is 0 Å². The van der Waals surface area contributed by atoms with Crippen molar-refractivity contribution in [3.05, 3.63) is 95.2 Å². The molecule has 0 radical (unpaired) electrons. The van der Waals surface area contributed by atoms with Gasteiger partial charge in [0.2, 0.25) is 5.71 Å². The Kier molecular flexibility index (Phi) is 4.96. The fourth-order valence-electron chi connectivity index (χ4n) is 4.88. The second kappa shape index (κ2) is 8.06. The van der Waals surface area contributed by atoms with Crippen molar-refractivity contribution < 1.29 is 4.42 Å². The zero-order valence-electron chi connectivity index (χ0n) is 20.8. The highest BCUT2D eigenvalue weighted by molar-refractivity contribution is 6.11. The number of fused-ring (bicyclic) bond motifs is 4. The number of rotatable bonds is 3. The summed E-state index contributed by atoms with van der Waals surface area (Å²) in [5, 5.41) is 4.44. The molecule has 0 fully saturated rings. The molecule has 0 aliphatic rings. The molecule has 0 N–H and O–H groups in total. The van der Waals surface area contributed by atoms with Crippen molar-refractivity contribution in [3.8, 4) is 22.5 Å². The summed E-state index contributed by atoms with van der Waals surface area (Å²) in [5.74, 6) is 0.453. The van der Waals surface area contributed by atoms with Gasteiger partial charge in [-0.15, -0.1) is 0 Å². The van der Waals surface area contributed by atoms with Crippen molar-refractivity contribution >= 4 is 32.8 Å². The third-order valence-electron chi connectivity index (χ3n) is 6.85. The Morgan fingerprint density at radius 3 is 2.23 bits per heavy atom. The quantitative estimate of drug-likeness (QED) is 0.267. The summed E-state index contributed by atoms with van der Waals surface area (Å²) < 4.78 is 6.39. The molecule has 0 bridgehead atoms. The lowest BCUT2D eigenvalue weighted by molar-refractivity contribution is 0.653. The standard InChI is InChI=1S/C32H28N2O/c1-18(2)23-11-13-25-24(16-23)17-29(22-9-6-19(3)7-10-22)34-30(25)28-15-20(4)14-27-26-12-8-21(5)33-32(26)35-31(27)28/h6-18H,1-5H3. The number of furan rings is 1. The molecule has 0 aliphatic carbocycles. The van der Waals surface area contributed by atoms with Crippen molar-refractivity contribution in [2.75, 3.05) is 0 Å². The van der Waals surface area contributed by atoms with E-state index >= 15 is 0 Å². The molecule has 0 spiro atoms. The Balaban J connectivity index is 1.71. The molecule has 0 unspecified atom stereocenters. The molecule has 0 atom stereocenters. The predicted octanol–water partition coefficient (Wildman–Crippen LogP) is 8.91. The summed E-state index contributed by atoms with van der Waals surface area (Å²) in [6.07, 6.45) is 0. The highest BCUT2D eigenvalue weighted by atomic mass is 16.3. The fourth-order valence-corrected chi connectivity index (χ4v) is 4.88. The molecule has 0 amide bonds. The summed E-state index contributed by atoms with van der Waals surface area (Å²) in [4.78, 5) is 9.90. The van der Waals surface area contributed by atoms with Crippen LogP contribution in [0.3, 0.4) is 0 Å². The van der Waals surface area contributed by atoms with Gasteiger partial charge in [-0.1, -0.05) is 61.9 Å². The van der Waals surface area contributed by atoms with E-state index in [1.54, 1.807) is 0 Å². The van der Waals surface area contributed by atoms with Crippen LogP contribution in [0.25, 0.3) is 55.4 Å². The molecule has 3 nitrogen and oxygen atoms in total. The van der Waals surface area contributed by atoms with Gasteiger partial charge >= 0.3 is 0 Å². The van der Waals surface area contributed by atoms with Crippen molar-refractivity contribution in [1.29, 1.82) is 0 Å². The molecule has 6 rings (SSSR count). The van der Waals surface area contributed by atoms with Gasteiger partial charge in [0.25, 0.3) is 0 Å². The molecule has 172 valence electrons. The maximum atomic E-state index is 6.39. The first-order chi connectivity index (χ1) is 16.9. The first kappa shape index (κ1) is 21.5. The minimum atomic E-state index is 0.453. The van der Waals surface area contributed by atoms with Crippen molar-refractivity contribution in [3.63, 3.8) is 0 Å². The normalized spacial score (nSPS) is 11.8. The number of aryl methyl sites for hydroxylation is 3. The predicted molar refractivity (Wildman–Crippen MR) is 146 cm³/mol. The van der Waals surface area contributed by atoms with E-state index in [4.69, 9.17) is 9.40 Å². The van der Waals surface area contributed by atoms with Gasteiger partial charge in [0.1, 0.15) is 5.58 Å². The number of pyridine rings is 2. The summed E-state index contributed by atoms with van der Waals surface area (Å²) in [7, 11) is 0. The van der Waals surface area contributed by atoms with E-state index < -0.39 is 0 Å². The molecule has 0 saturated heterocycles. The molecule has 0 aliphatic heterocycles. The van der Waals surface area contributed by atoms with Crippen LogP contribution >= 0.6 is 0 Å². The van der Waals surface area contributed by atoms with Crippen LogP contribution < -0.4 is 0 Å². The molecule has 3 heteroatoms. The summed E-state index contributed by atoms with van der Waals surface area (Å²) in [6.45, 7) is 10.7. The summed E-state index contributed by atoms with van der Waals surface area (Å²) in [6, 6.07) is 26.1. The molecule has 3 aromatic heterocycles. The molecule has 0 saturated carbocycles. The van der Waals surface area contributed by atoms with Crippen molar-refractivity contribution in [2.24, 2.45) is 0 Å². The average Bonchev–Trinajstić information content (AvgIpc) is 3.20. The van der Waals surface area contributed by atoms with E-state index in [0.29, 0.717) is 11.6 Å². The van der Waals surface area contributed by atoms with Crippen LogP contribution in [0.5, 0.6) is 0 Å². The van der Waals surface area contributed by atoms with Gasteiger partial charge in [-0.3, -0.25) is 0 Å². The Bertz CT molecular complexity index is 1740. The lowest BCUT2D eigenvalue weighted by atomic mass is 9.94. The van der Waals surface area contributed by atoms with E-state index in [1.807, 2.05) is 13.0 Å². The van der Waals surface area contributed by atoms with Crippen LogP contribution in [0.15, 0.2) is 77.2 Å². The molecule has 35 heavy (non-hydrogen) atoms. The Morgan fingerprint density at radius 2 is 1.46 bits per heavy atom. The van der Waals surface area contributed by atoms with Crippen LogP contribution in [0, 0.1) is 20.8 Å². The van der Waals surface area contributed by atoms with Crippen molar-refractivity contribution in [2.45, 2.75) is 40.5 Å². The van der Waals surface area contributed by atoms with E-state index in [0.717, 1.165) is 50.0 Å². The second-order valence-electron chi connectivity index (χ2n) is 9.95. The minimum Gasteiger partial charge on any atom is -0.437 e. The summed E-state index contributed by atoms with van der Waals surface area (Å²) >= 11 is 0. The highest BCUT2D eigenvalue weighted by Gasteiger charge is 2.19. The van der Waals surface area contributed by atoms with E-state index in [-0.39, 0.29) is 0 Å². The number of nitrogens with zero attached hydrogens (tertiary/aromatic N) is 2. The number of hydrogen-bond acceptors (Lipinski definition) is 3. The van der Waals surface area contributed by atoms with Gasteiger partial charge in [-0.25, -0.2) is 9.97 Å². The van der Waals surface area contributed by atoms with E-state index in [1.165, 1.54) is 22.1 Å². The monoisotopic (exact) mass is 456 g/mol. The lowest BCUT2D eigenvalue weighted by Crippen LogP contribution is -1.94. The maximum Gasteiger partial charge on any atom is 0.227 e. The lowest BCUT2D eigenvalue weighted by Gasteiger charge is -2.14. The average molecular weight is 457 g/mol. The number of benzene rings is 3. The molecular formula is C32H28N2O. The summed E-state index contributed by atoms with van der Waals surface area (Å²) in [5.41, 5.74) is 10.2. The SMILES string of the molecule is Cc1ccc(-c2cc3cc(C(C)C)ccc3c(-c3cc(C)cc4c3oc3nc(C)ccc34)n2)cc1. The van der Waals surface area contributed by atoms with Gasteiger partial charge in [0.05, 0.1) is 11.4 Å². The van der Waals surface area contributed by atoms with Crippen LogP contribution in [-0.2, 0) is 0 Å². The van der Waals surface area contributed by atoms with Crippen LogP contribution in [0.2, 0.25) is 0 Å². The molecule has 3 aromatic carbocycles. The highest BCUT2D eigenvalue weighted by Crippen LogP contribution is 2.40. The van der Waals surface area contributed by atoms with Gasteiger partial charge in [0.15, 0.2) is 0 Å². The van der Waals surface area contributed by atoms with Crippen LogP contribution in [0.1, 0.15) is 42.1 Å². The largest absolute Gasteiger partial charge is 0.437 e. The topological polar surface area (TPSA) is 38.9 Å². The Labute approximate surface area is 205 Å². The van der Waals surface area contributed by atoms with Gasteiger partial charge in [0, 0.05) is 33.0 Å². The molecule has 6 aromatic rings. The second-order valence-corrected chi connectivity index (χ2v) is 9.95. The fraction of sp³-hybridized carbons (Fsp3) is 0.188. The van der Waals surface area contributed by atoms with Gasteiger partial charge < -0.3 is 4.42 Å². The third-order valence-corrected chi connectivity index (χ3v) is 6.85. The molecule has 3 heterocycles. The zero-order valence-corrected chi connectivity index (χ0v) is 20.8. The Morgan fingerprint density at radius 1 is 0.686 bits per heavy atom. The van der Waals surface area contributed by atoms with Crippen LogP contribution in [-0.4, -0.2) is 9.97 Å². The Hall–Kier alpha value is -3.98. The number of aromatic nitrogens is 2. The third kappa shape index (κ3) is 3.68. The minimum absolute atomic E-state index is 0.453. The van der Waals surface area contributed by atoms with Gasteiger partial charge in [-0.2, -0.15) is 0 Å². The van der Waals surface area contributed by atoms with E-state index in [2.05, 4.69) is 99.4 Å². The zero-order chi connectivity index (χ0) is 24.3. The first-order valence-corrected chi connectivity index (χ1v) is 12.2. The van der Waals surface area contributed by atoms with Gasteiger partial charge in [-0.05, 0) is 73.5 Å². The van der Waals surface area contributed by atoms with E-state index in [9.17, 15) is 0 Å². The first-order valence-electron chi connectivity index (χ1n) is 12.2. The van der Waals surface area contributed by atoms with Crippen molar-refractivity contribution in [1.82, 2.24) is 9.97 Å². The maximum absolute atomic E-state index is 6.39. The smallest absolute Gasteiger partial charge is 0.227 e.